The molecule has 2 aromatic rings. The first-order valence-electron chi connectivity index (χ1n) is 8.34. The molecule has 0 aliphatic heterocycles. The van der Waals surface area contributed by atoms with E-state index in [0.29, 0.717) is 5.82 Å². The lowest BCUT2D eigenvalue weighted by Crippen LogP contribution is -2.25. The van der Waals surface area contributed by atoms with Crippen LogP contribution in [0.25, 0.3) is 0 Å². The van der Waals surface area contributed by atoms with Crippen LogP contribution in [0.2, 0.25) is 0 Å². The van der Waals surface area contributed by atoms with E-state index in [0.717, 1.165) is 30.8 Å². The number of hydrogen-bond donors (Lipinski definition) is 2. The largest absolute Gasteiger partial charge is 0.393 e. The monoisotopic (exact) mass is 331 g/mol. The molecule has 130 valence electrons. The highest BCUT2D eigenvalue weighted by Crippen LogP contribution is 2.36. The normalized spacial score (nSPS) is 21.2. The van der Waals surface area contributed by atoms with E-state index in [2.05, 4.69) is 31.2 Å². The fourth-order valence-electron chi connectivity index (χ4n) is 3.13. The van der Waals surface area contributed by atoms with Crippen molar-refractivity contribution in [3.63, 3.8) is 0 Å². The molecule has 3 rings (SSSR count). The number of nitrogens with zero attached hydrogens (tertiary/aromatic N) is 4. The molecular formula is C17H25N5O2. The van der Waals surface area contributed by atoms with E-state index in [1.807, 2.05) is 10.7 Å². The van der Waals surface area contributed by atoms with Crippen LogP contribution in [0.3, 0.4) is 0 Å². The molecule has 1 aliphatic carbocycles. The van der Waals surface area contributed by atoms with E-state index in [9.17, 15) is 9.90 Å². The van der Waals surface area contributed by atoms with Gasteiger partial charge in [-0.3, -0.25) is 4.79 Å². The molecule has 1 saturated carbocycles. The maximum absolute atomic E-state index is 11.5. The van der Waals surface area contributed by atoms with Crippen LogP contribution in [-0.2, 0) is 12.6 Å². The minimum Gasteiger partial charge on any atom is -0.393 e. The van der Waals surface area contributed by atoms with E-state index in [1.165, 1.54) is 10.7 Å². The van der Waals surface area contributed by atoms with E-state index >= 15 is 0 Å². The van der Waals surface area contributed by atoms with Crippen molar-refractivity contribution in [3.8, 4) is 0 Å². The molecule has 0 saturated heterocycles. The molecular weight excluding hydrogens is 306 g/mol. The third kappa shape index (κ3) is 3.36. The van der Waals surface area contributed by atoms with Crippen LogP contribution in [0.15, 0.2) is 23.0 Å². The van der Waals surface area contributed by atoms with Gasteiger partial charge in [0.1, 0.15) is 5.82 Å². The summed E-state index contributed by atoms with van der Waals surface area (Å²) in [7, 11) is 1.62. The summed E-state index contributed by atoms with van der Waals surface area (Å²) in [6, 6.07) is 5.18. The van der Waals surface area contributed by atoms with Gasteiger partial charge >= 0.3 is 0 Å². The molecule has 1 aliphatic rings. The Hall–Kier alpha value is -2.15. The molecule has 2 aromatic heterocycles. The summed E-state index contributed by atoms with van der Waals surface area (Å²) >= 11 is 0. The quantitative estimate of drug-likeness (QED) is 0.900. The number of rotatable bonds is 3. The molecule has 0 unspecified atom stereocenters. The smallest absolute Gasteiger partial charge is 0.266 e. The van der Waals surface area contributed by atoms with Crippen molar-refractivity contribution in [1.29, 1.82) is 0 Å². The Labute approximate surface area is 141 Å². The van der Waals surface area contributed by atoms with Crippen LogP contribution in [0.4, 0.5) is 11.6 Å². The molecule has 0 aromatic carbocycles. The fraction of sp³-hybridized carbons (Fsp3) is 0.588. The number of aromatic nitrogens is 4. The van der Waals surface area contributed by atoms with E-state index in [1.54, 1.807) is 13.1 Å². The molecule has 0 spiro atoms. The summed E-state index contributed by atoms with van der Waals surface area (Å²) in [6.07, 6.45) is 2.33. The average Bonchev–Trinajstić information content (AvgIpc) is 3.09. The van der Waals surface area contributed by atoms with Crippen molar-refractivity contribution < 1.29 is 5.11 Å². The van der Waals surface area contributed by atoms with Crippen molar-refractivity contribution in [2.45, 2.75) is 57.6 Å². The van der Waals surface area contributed by atoms with Crippen molar-refractivity contribution in [3.05, 3.63) is 34.2 Å². The SMILES string of the molecule is Cn1nc(Nc2cc([C@H]3CC[C@@H](O)C3)nn2C(C)(C)C)ccc1=O. The molecule has 2 N–H and O–H groups in total. The Morgan fingerprint density at radius 1 is 1.25 bits per heavy atom. The standard InChI is InChI=1S/C17H25N5O2/c1-17(2,3)22-15(18-14-7-8-16(24)21(4)20-14)10-13(19-22)11-5-6-12(23)9-11/h7-8,10-12,23H,5-6,9H2,1-4H3,(H,18,20)/t11-,12+/m0/s1. The Kier molecular flexibility index (Phi) is 4.21. The van der Waals surface area contributed by atoms with Crippen LogP contribution in [0.1, 0.15) is 51.6 Å². The lowest BCUT2D eigenvalue weighted by molar-refractivity contribution is 0.181. The molecule has 0 bridgehead atoms. The molecule has 1 fully saturated rings. The maximum Gasteiger partial charge on any atom is 0.266 e. The Bertz CT molecular complexity index is 787. The van der Waals surface area contributed by atoms with Crippen molar-refractivity contribution in [2.75, 3.05) is 5.32 Å². The highest BCUT2D eigenvalue weighted by atomic mass is 16.3. The maximum atomic E-state index is 11.5. The van der Waals surface area contributed by atoms with Gasteiger partial charge in [0.25, 0.3) is 5.56 Å². The molecule has 0 radical (unpaired) electrons. The van der Waals surface area contributed by atoms with Gasteiger partial charge in [0, 0.05) is 25.1 Å². The van der Waals surface area contributed by atoms with Crippen molar-refractivity contribution >= 4 is 11.6 Å². The lowest BCUT2D eigenvalue weighted by Gasteiger charge is -2.22. The van der Waals surface area contributed by atoms with Crippen LogP contribution < -0.4 is 10.9 Å². The van der Waals surface area contributed by atoms with Gasteiger partial charge < -0.3 is 10.4 Å². The zero-order valence-electron chi connectivity index (χ0n) is 14.7. The van der Waals surface area contributed by atoms with E-state index in [-0.39, 0.29) is 23.1 Å². The highest BCUT2D eigenvalue weighted by Gasteiger charge is 2.29. The summed E-state index contributed by atoms with van der Waals surface area (Å²) in [6.45, 7) is 6.27. The Morgan fingerprint density at radius 3 is 2.58 bits per heavy atom. The molecule has 7 nitrogen and oxygen atoms in total. The molecule has 2 atom stereocenters. The summed E-state index contributed by atoms with van der Waals surface area (Å²) < 4.78 is 3.24. The van der Waals surface area contributed by atoms with Gasteiger partial charge in [-0.25, -0.2) is 9.36 Å². The lowest BCUT2D eigenvalue weighted by atomic mass is 10.0. The second-order valence-corrected chi connectivity index (χ2v) is 7.51. The van der Waals surface area contributed by atoms with E-state index in [4.69, 9.17) is 5.10 Å². The zero-order chi connectivity index (χ0) is 17.5. The number of hydrogen-bond acceptors (Lipinski definition) is 5. The summed E-state index contributed by atoms with van der Waals surface area (Å²) in [4.78, 5) is 11.5. The second kappa shape index (κ2) is 6.05. The third-order valence-corrected chi connectivity index (χ3v) is 4.40. The third-order valence-electron chi connectivity index (χ3n) is 4.40. The number of nitrogens with one attached hydrogen (secondary N) is 1. The zero-order valence-corrected chi connectivity index (χ0v) is 14.7. The van der Waals surface area contributed by atoms with Crippen LogP contribution in [0.5, 0.6) is 0 Å². The van der Waals surface area contributed by atoms with Gasteiger partial charge in [-0.2, -0.15) is 10.2 Å². The highest BCUT2D eigenvalue weighted by molar-refractivity contribution is 5.52. The van der Waals surface area contributed by atoms with Gasteiger partial charge in [-0.05, 0) is 46.1 Å². The van der Waals surface area contributed by atoms with Crippen LogP contribution in [0, 0.1) is 0 Å². The van der Waals surface area contributed by atoms with Gasteiger partial charge in [-0.1, -0.05) is 0 Å². The number of aliphatic hydroxyl groups excluding tert-OH is 1. The van der Waals surface area contributed by atoms with Gasteiger partial charge in [0.05, 0.1) is 17.3 Å². The van der Waals surface area contributed by atoms with Gasteiger partial charge in [0.2, 0.25) is 0 Å². The topological polar surface area (TPSA) is 85.0 Å². The number of aryl methyl sites for hydroxylation is 1. The average molecular weight is 331 g/mol. The van der Waals surface area contributed by atoms with Gasteiger partial charge in [0.15, 0.2) is 5.82 Å². The first-order chi connectivity index (χ1) is 11.2. The second-order valence-electron chi connectivity index (χ2n) is 7.51. The summed E-state index contributed by atoms with van der Waals surface area (Å²) in [5.74, 6) is 1.72. The van der Waals surface area contributed by atoms with Gasteiger partial charge in [-0.15, -0.1) is 0 Å². The Morgan fingerprint density at radius 2 is 2.00 bits per heavy atom. The predicted molar refractivity (Wildman–Crippen MR) is 92.6 cm³/mol. The summed E-state index contributed by atoms with van der Waals surface area (Å²) in [5, 5.41) is 22.1. The Balaban J connectivity index is 1.94. The molecule has 0 amide bonds. The first-order valence-corrected chi connectivity index (χ1v) is 8.34. The number of anilines is 2. The van der Waals surface area contributed by atoms with E-state index < -0.39 is 0 Å². The predicted octanol–water partition coefficient (Wildman–Crippen LogP) is 2.10. The van der Waals surface area contributed by atoms with Crippen molar-refractivity contribution in [2.24, 2.45) is 7.05 Å². The van der Waals surface area contributed by atoms with Crippen molar-refractivity contribution in [1.82, 2.24) is 19.6 Å². The van der Waals surface area contributed by atoms with Crippen LogP contribution >= 0.6 is 0 Å². The minimum atomic E-state index is -0.225. The number of aliphatic hydroxyl groups is 1. The molecule has 7 heteroatoms. The minimum absolute atomic E-state index is 0.148. The summed E-state index contributed by atoms with van der Waals surface area (Å²) in [5.41, 5.74) is 0.651. The molecule has 24 heavy (non-hydrogen) atoms. The first kappa shape index (κ1) is 16.7. The molecule has 2 heterocycles. The fourth-order valence-corrected chi connectivity index (χ4v) is 3.13. The van der Waals surface area contributed by atoms with Crippen LogP contribution in [-0.4, -0.2) is 30.8 Å².